The zero-order valence-corrected chi connectivity index (χ0v) is 14.8. The highest BCUT2D eigenvalue weighted by molar-refractivity contribution is 5.88. The van der Waals surface area contributed by atoms with Gasteiger partial charge in [-0.25, -0.2) is 0 Å². The van der Waals surface area contributed by atoms with Crippen LogP contribution in [0, 0.1) is 13.8 Å². The van der Waals surface area contributed by atoms with Gasteiger partial charge >= 0.3 is 0 Å². The minimum Gasteiger partial charge on any atom is -0.373 e. The van der Waals surface area contributed by atoms with Crippen LogP contribution in [0.3, 0.4) is 0 Å². The number of anilines is 1. The average Bonchev–Trinajstić information content (AvgIpc) is 3.13. The molecule has 0 saturated heterocycles. The molecule has 5 heteroatoms. The molecule has 1 aromatic heterocycles. The van der Waals surface area contributed by atoms with Gasteiger partial charge in [0.2, 0.25) is 5.91 Å². The number of hydrogen-bond donors (Lipinski definition) is 2. The van der Waals surface area contributed by atoms with Crippen molar-refractivity contribution in [3.05, 3.63) is 58.8 Å². The van der Waals surface area contributed by atoms with Crippen LogP contribution in [-0.2, 0) is 24.8 Å². The van der Waals surface area contributed by atoms with Crippen LogP contribution in [0.1, 0.15) is 22.4 Å². The Hall–Kier alpha value is -2.82. The molecule has 0 fully saturated rings. The zero-order valence-electron chi connectivity index (χ0n) is 14.8. The molecule has 25 heavy (non-hydrogen) atoms. The smallest absolute Gasteiger partial charge is 0.243 e. The Morgan fingerprint density at radius 2 is 2.00 bits per heavy atom. The number of benzene rings is 2. The first-order valence-corrected chi connectivity index (χ1v) is 8.57. The minimum absolute atomic E-state index is 0.0142. The molecule has 3 aromatic rings. The minimum atomic E-state index is -0.214. The molecule has 1 atom stereocenters. The van der Waals surface area contributed by atoms with Crippen LogP contribution in [0.2, 0.25) is 0 Å². The van der Waals surface area contributed by atoms with E-state index >= 15 is 0 Å². The maximum atomic E-state index is 12.6. The first-order chi connectivity index (χ1) is 12.0. The normalized spacial score (nSPS) is 15.9. The number of nitrogens with one attached hydrogen (secondary N) is 2. The van der Waals surface area contributed by atoms with Crippen molar-refractivity contribution in [2.45, 2.75) is 32.9 Å². The third-order valence-electron chi connectivity index (χ3n) is 4.84. The summed E-state index contributed by atoms with van der Waals surface area (Å²) in [6.45, 7) is 4.57. The zero-order chi connectivity index (χ0) is 17.6. The number of carbonyl (C=O) groups is 1. The fourth-order valence-corrected chi connectivity index (χ4v) is 3.53. The summed E-state index contributed by atoms with van der Waals surface area (Å²) in [6, 6.07) is 12.3. The van der Waals surface area contributed by atoms with Gasteiger partial charge in [-0.15, -0.1) is 0 Å². The molecule has 1 amide bonds. The molecule has 0 unspecified atom stereocenters. The molecule has 0 bridgehead atoms. The van der Waals surface area contributed by atoms with Gasteiger partial charge in [-0.1, -0.05) is 29.3 Å². The summed E-state index contributed by atoms with van der Waals surface area (Å²) in [5.74, 6) is 0.0142. The maximum absolute atomic E-state index is 12.6. The van der Waals surface area contributed by atoms with Crippen molar-refractivity contribution in [1.82, 2.24) is 15.1 Å². The molecular weight excluding hydrogens is 312 g/mol. The van der Waals surface area contributed by atoms with Crippen LogP contribution in [0.5, 0.6) is 0 Å². The molecule has 2 heterocycles. The number of hydrogen-bond acceptors (Lipinski definition) is 3. The summed E-state index contributed by atoms with van der Waals surface area (Å²) in [5, 5.41) is 12.0. The van der Waals surface area contributed by atoms with E-state index in [0.29, 0.717) is 6.54 Å². The van der Waals surface area contributed by atoms with Crippen molar-refractivity contribution in [3.63, 3.8) is 0 Å². The number of fused-ring (bicyclic) bond motifs is 2. The molecule has 1 aliphatic rings. The molecule has 0 saturated carbocycles. The number of aryl methyl sites for hydroxylation is 3. The van der Waals surface area contributed by atoms with E-state index in [1.165, 1.54) is 16.7 Å². The Morgan fingerprint density at radius 3 is 2.84 bits per heavy atom. The van der Waals surface area contributed by atoms with Gasteiger partial charge in [-0.2, -0.15) is 5.10 Å². The predicted molar refractivity (Wildman–Crippen MR) is 99.6 cm³/mol. The van der Waals surface area contributed by atoms with Crippen molar-refractivity contribution < 1.29 is 4.79 Å². The van der Waals surface area contributed by atoms with Crippen molar-refractivity contribution in [3.8, 4) is 0 Å². The van der Waals surface area contributed by atoms with E-state index in [1.807, 2.05) is 17.8 Å². The number of amides is 1. The highest BCUT2D eigenvalue weighted by Crippen LogP contribution is 2.27. The van der Waals surface area contributed by atoms with Gasteiger partial charge in [0.05, 0.1) is 17.8 Å². The van der Waals surface area contributed by atoms with Gasteiger partial charge in [0.1, 0.15) is 6.04 Å². The van der Waals surface area contributed by atoms with Gasteiger partial charge in [0.15, 0.2) is 0 Å². The lowest BCUT2D eigenvalue weighted by atomic mass is 10.1. The molecule has 4 rings (SSSR count). The highest BCUT2D eigenvalue weighted by Gasteiger charge is 2.26. The van der Waals surface area contributed by atoms with E-state index < -0.39 is 0 Å². The summed E-state index contributed by atoms with van der Waals surface area (Å²) in [5.41, 5.74) is 6.66. The van der Waals surface area contributed by atoms with Gasteiger partial charge in [0.25, 0.3) is 0 Å². The fraction of sp³-hybridized carbons (Fsp3) is 0.300. The van der Waals surface area contributed by atoms with E-state index in [0.717, 1.165) is 28.7 Å². The van der Waals surface area contributed by atoms with E-state index in [1.54, 1.807) is 0 Å². The summed E-state index contributed by atoms with van der Waals surface area (Å²) >= 11 is 0. The lowest BCUT2D eigenvalue weighted by Crippen LogP contribution is -2.38. The van der Waals surface area contributed by atoms with Crippen LogP contribution in [-0.4, -0.2) is 21.7 Å². The molecular formula is C20H22N4O. The second-order valence-corrected chi connectivity index (χ2v) is 6.87. The number of aromatic nitrogens is 2. The van der Waals surface area contributed by atoms with E-state index in [2.05, 4.69) is 59.9 Å². The van der Waals surface area contributed by atoms with Gasteiger partial charge in [-0.05, 0) is 37.6 Å². The van der Waals surface area contributed by atoms with Crippen LogP contribution in [0.25, 0.3) is 10.9 Å². The summed E-state index contributed by atoms with van der Waals surface area (Å²) in [4.78, 5) is 12.6. The lowest BCUT2D eigenvalue weighted by Gasteiger charge is -2.11. The average molecular weight is 334 g/mol. The second-order valence-electron chi connectivity index (χ2n) is 6.87. The standard InChI is InChI=1S/C20H22N4O/c1-12-4-6-16-14(8-12)10-17(22-16)20(25)21-11-18-15-9-13(2)5-7-19(15)24(3)23-18/h4-9,17,22H,10-11H2,1-3H3,(H,21,25)/t17-/m1/s1. The van der Waals surface area contributed by atoms with Gasteiger partial charge in [-0.3, -0.25) is 9.48 Å². The van der Waals surface area contributed by atoms with Crippen molar-refractivity contribution in [2.75, 3.05) is 5.32 Å². The Bertz CT molecular complexity index is 973. The van der Waals surface area contributed by atoms with Crippen LogP contribution >= 0.6 is 0 Å². The quantitative estimate of drug-likeness (QED) is 0.774. The van der Waals surface area contributed by atoms with Crippen LogP contribution in [0.15, 0.2) is 36.4 Å². The Kier molecular flexibility index (Phi) is 3.71. The van der Waals surface area contributed by atoms with Crippen molar-refractivity contribution >= 4 is 22.5 Å². The van der Waals surface area contributed by atoms with Crippen LogP contribution < -0.4 is 10.6 Å². The number of carbonyl (C=O) groups excluding carboxylic acids is 1. The van der Waals surface area contributed by atoms with E-state index in [9.17, 15) is 4.79 Å². The van der Waals surface area contributed by atoms with E-state index in [4.69, 9.17) is 0 Å². The molecule has 0 aliphatic carbocycles. The van der Waals surface area contributed by atoms with E-state index in [-0.39, 0.29) is 11.9 Å². The molecule has 5 nitrogen and oxygen atoms in total. The molecule has 2 aromatic carbocycles. The molecule has 1 aliphatic heterocycles. The molecule has 128 valence electrons. The first-order valence-electron chi connectivity index (χ1n) is 8.57. The maximum Gasteiger partial charge on any atom is 0.243 e. The summed E-state index contributed by atoms with van der Waals surface area (Å²) < 4.78 is 1.86. The first kappa shape index (κ1) is 15.7. The third-order valence-corrected chi connectivity index (χ3v) is 4.84. The number of rotatable bonds is 3. The monoisotopic (exact) mass is 334 g/mol. The molecule has 0 radical (unpaired) electrons. The lowest BCUT2D eigenvalue weighted by molar-refractivity contribution is -0.121. The fourth-order valence-electron chi connectivity index (χ4n) is 3.53. The Morgan fingerprint density at radius 1 is 1.24 bits per heavy atom. The third kappa shape index (κ3) is 2.86. The van der Waals surface area contributed by atoms with Crippen LogP contribution in [0.4, 0.5) is 5.69 Å². The Labute approximate surface area is 147 Å². The highest BCUT2D eigenvalue weighted by atomic mass is 16.2. The van der Waals surface area contributed by atoms with Gasteiger partial charge < -0.3 is 10.6 Å². The topological polar surface area (TPSA) is 59.0 Å². The summed E-state index contributed by atoms with van der Waals surface area (Å²) in [6.07, 6.45) is 0.727. The van der Waals surface area contributed by atoms with Crippen molar-refractivity contribution in [2.24, 2.45) is 7.05 Å². The largest absolute Gasteiger partial charge is 0.373 e. The van der Waals surface area contributed by atoms with Gasteiger partial charge in [0, 0.05) is 24.5 Å². The van der Waals surface area contributed by atoms with Crippen molar-refractivity contribution in [1.29, 1.82) is 0 Å². The molecule has 2 N–H and O–H groups in total. The number of nitrogens with zero attached hydrogens (tertiary/aromatic N) is 2. The summed E-state index contributed by atoms with van der Waals surface area (Å²) in [7, 11) is 1.93. The Balaban J connectivity index is 1.47. The second kappa shape index (κ2) is 5.92. The predicted octanol–water partition coefficient (Wildman–Crippen LogP) is 2.84. The SMILES string of the molecule is Cc1ccc2c(c1)C[C@H](C(=O)NCc1nn(C)c3ccc(C)cc13)N2. The molecule has 0 spiro atoms.